The highest BCUT2D eigenvalue weighted by atomic mass is 16.5. The van der Waals surface area contributed by atoms with Gasteiger partial charge < -0.3 is 15.8 Å². The van der Waals surface area contributed by atoms with Crippen molar-refractivity contribution in [3.8, 4) is 0 Å². The number of hydrogen-bond donors (Lipinski definition) is 2. The number of methoxy groups -OCH3 is 1. The molecular weight excluding hydrogens is 228 g/mol. The summed E-state index contributed by atoms with van der Waals surface area (Å²) in [5.41, 5.74) is 5.81. The van der Waals surface area contributed by atoms with E-state index >= 15 is 0 Å². The summed E-state index contributed by atoms with van der Waals surface area (Å²) in [4.78, 5) is 6.74. The molecule has 0 rings (SSSR count). The third-order valence-electron chi connectivity index (χ3n) is 2.78. The SMILES string of the molecule is COCC(C)NC(N)=NCCN(C(C)C)C(C)C. The zero-order chi connectivity index (χ0) is 14.1. The first-order chi connectivity index (χ1) is 8.38. The highest BCUT2D eigenvalue weighted by Crippen LogP contribution is 2.03. The first-order valence-corrected chi connectivity index (χ1v) is 6.69. The summed E-state index contributed by atoms with van der Waals surface area (Å²) in [5.74, 6) is 0.493. The maximum Gasteiger partial charge on any atom is 0.188 e. The number of nitrogens with one attached hydrogen (secondary N) is 1. The van der Waals surface area contributed by atoms with Gasteiger partial charge in [-0.1, -0.05) is 0 Å². The predicted molar refractivity (Wildman–Crippen MR) is 77.9 cm³/mol. The lowest BCUT2D eigenvalue weighted by atomic mass is 10.2. The van der Waals surface area contributed by atoms with Crippen LogP contribution >= 0.6 is 0 Å². The summed E-state index contributed by atoms with van der Waals surface area (Å²) in [5, 5.41) is 3.10. The molecule has 0 saturated heterocycles. The van der Waals surface area contributed by atoms with Crippen molar-refractivity contribution < 1.29 is 4.74 Å². The van der Waals surface area contributed by atoms with Crippen molar-refractivity contribution in [3.63, 3.8) is 0 Å². The first kappa shape index (κ1) is 17.2. The monoisotopic (exact) mass is 258 g/mol. The van der Waals surface area contributed by atoms with E-state index < -0.39 is 0 Å². The fourth-order valence-electron chi connectivity index (χ4n) is 1.99. The minimum absolute atomic E-state index is 0.185. The number of ether oxygens (including phenoxy) is 1. The summed E-state index contributed by atoms with van der Waals surface area (Å²) in [6.07, 6.45) is 0. The van der Waals surface area contributed by atoms with Crippen LogP contribution in [0.5, 0.6) is 0 Å². The standard InChI is InChI=1S/C13H30N4O/c1-10(2)17(11(3)4)8-7-15-13(14)16-12(5)9-18-6/h10-12H,7-9H2,1-6H3,(H3,14,15,16). The molecular formula is C13H30N4O. The van der Waals surface area contributed by atoms with E-state index in [1.807, 2.05) is 6.92 Å². The van der Waals surface area contributed by atoms with Crippen molar-refractivity contribution in [2.75, 3.05) is 26.8 Å². The van der Waals surface area contributed by atoms with Crippen LogP contribution in [-0.4, -0.2) is 55.8 Å². The lowest BCUT2D eigenvalue weighted by Gasteiger charge is -2.29. The normalized spacial score (nSPS) is 14.6. The number of rotatable bonds is 8. The molecule has 0 aromatic carbocycles. The van der Waals surface area contributed by atoms with Crippen LogP contribution in [-0.2, 0) is 4.74 Å². The largest absolute Gasteiger partial charge is 0.383 e. The molecule has 0 aromatic heterocycles. The highest BCUT2D eigenvalue weighted by Gasteiger charge is 2.12. The maximum atomic E-state index is 5.81. The molecule has 0 amide bonds. The van der Waals surface area contributed by atoms with Gasteiger partial charge in [-0.2, -0.15) is 0 Å². The zero-order valence-electron chi connectivity index (χ0n) is 12.7. The predicted octanol–water partition coefficient (Wildman–Crippen LogP) is 1.04. The smallest absolute Gasteiger partial charge is 0.188 e. The summed E-state index contributed by atoms with van der Waals surface area (Å²) in [6.45, 7) is 13.1. The van der Waals surface area contributed by atoms with Crippen molar-refractivity contribution >= 4 is 5.96 Å². The summed E-state index contributed by atoms with van der Waals surface area (Å²) < 4.78 is 5.03. The average Bonchev–Trinajstić information content (AvgIpc) is 2.23. The molecule has 0 fully saturated rings. The minimum Gasteiger partial charge on any atom is -0.383 e. The molecule has 0 radical (unpaired) electrons. The Hall–Kier alpha value is -0.810. The molecule has 0 saturated carbocycles. The van der Waals surface area contributed by atoms with Crippen LogP contribution in [0.4, 0.5) is 0 Å². The molecule has 3 N–H and O–H groups in total. The van der Waals surface area contributed by atoms with Gasteiger partial charge in [0.25, 0.3) is 0 Å². The topological polar surface area (TPSA) is 62.9 Å². The van der Waals surface area contributed by atoms with Crippen molar-refractivity contribution in [2.45, 2.75) is 52.7 Å². The van der Waals surface area contributed by atoms with E-state index in [9.17, 15) is 0 Å². The van der Waals surface area contributed by atoms with Gasteiger partial charge in [-0.3, -0.25) is 9.89 Å². The van der Waals surface area contributed by atoms with Gasteiger partial charge in [0.15, 0.2) is 5.96 Å². The molecule has 1 unspecified atom stereocenters. The van der Waals surface area contributed by atoms with E-state index in [-0.39, 0.29) is 6.04 Å². The van der Waals surface area contributed by atoms with Crippen LogP contribution in [0.3, 0.4) is 0 Å². The number of aliphatic imine (C=N–C) groups is 1. The molecule has 5 nitrogen and oxygen atoms in total. The van der Waals surface area contributed by atoms with Gasteiger partial charge in [-0.15, -0.1) is 0 Å². The van der Waals surface area contributed by atoms with Gasteiger partial charge in [0.05, 0.1) is 13.2 Å². The molecule has 0 bridgehead atoms. The van der Waals surface area contributed by atoms with E-state index in [2.05, 4.69) is 42.9 Å². The van der Waals surface area contributed by atoms with E-state index in [0.717, 1.165) is 13.1 Å². The zero-order valence-corrected chi connectivity index (χ0v) is 12.7. The second-order valence-corrected chi connectivity index (χ2v) is 5.19. The Labute approximate surface area is 112 Å². The van der Waals surface area contributed by atoms with Crippen molar-refractivity contribution in [1.29, 1.82) is 0 Å². The number of nitrogens with two attached hydrogens (primary N) is 1. The molecule has 0 spiro atoms. The molecule has 5 heteroatoms. The molecule has 0 aromatic rings. The molecule has 0 heterocycles. The number of nitrogens with zero attached hydrogens (tertiary/aromatic N) is 2. The molecule has 0 aliphatic rings. The Morgan fingerprint density at radius 3 is 2.22 bits per heavy atom. The lowest BCUT2D eigenvalue weighted by molar-refractivity contribution is 0.178. The van der Waals surface area contributed by atoms with Gasteiger partial charge in [-0.05, 0) is 34.6 Å². The number of guanidine groups is 1. The molecule has 108 valence electrons. The van der Waals surface area contributed by atoms with Crippen molar-refractivity contribution in [1.82, 2.24) is 10.2 Å². The second kappa shape index (κ2) is 9.16. The Kier molecular flexibility index (Phi) is 8.75. The van der Waals surface area contributed by atoms with Crippen LogP contribution < -0.4 is 11.1 Å². The van der Waals surface area contributed by atoms with Gasteiger partial charge >= 0.3 is 0 Å². The molecule has 0 aliphatic carbocycles. The van der Waals surface area contributed by atoms with Crippen LogP contribution in [0.2, 0.25) is 0 Å². The van der Waals surface area contributed by atoms with E-state index in [0.29, 0.717) is 24.7 Å². The molecule has 18 heavy (non-hydrogen) atoms. The van der Waals surface area contributed by atoms with E-state index in [1.54, 1.807) is 7.11 Å². The summed E-state index contributed by atoms with van der Waals surface area (Å²) >= 11 is 0. The first-order valence-electron chi connectivity index (χ1n) is 6.69. The van der Waals surface area contributed by atoms with Crippen LogP contribution in [0.25, 0.3) is 0 Å². The quantitative estimate of drug-likeness (QED) is 0.504. The average molecular weight is 258 g/mol. The lowest BCUT2D eigenvalue weighted by Crippen LogP contribution is -2.42. The summed E-state index contributed by atoms with van der Waals surface area (Å²) in [7, 11) is 1.68. The van der Waals surface area contributed by atoms with E-state index in [1.165, 1.54) is 0 Å². The van der Waals surface area contributed by atoms with Gasteiger partial charge in [0.1, 0.15) is 0 Å². The number of hydrogen-bond acceptors (Lipinski definition) is 3. The Morgan fingerprint density at radius 1 is 1.22 bits per heavy atom. The highest BCUT2D eigenvalue weighted by molar-refractivity contribution is 5.78. The van der Waals surface area contributed by atoms with Crippen LogP contribution in [0.1, 0.15) is 34.6 Å². The Balaban J connectivity index is 4.05. The maximum absolute atomic E-state index is 5.81. The van der Waals surface area contributed by atoms with Crippen LogP contribution in [0.15, 0.2) is 4.99 Å². The van der Waals surface area contributed by atoms with E-state index in [4.69, 9.17) is 10.5 Å². The van der Waals surface area contributed by atoms with Gasteiger partial charge in [0.2, 0.25) is 0 Å². The van der Waals surface area contributed by atoms with Gasteiger partial charge in [-0.25, -0.2) is 0 Å². The second-order valence-electron chi connectivity index (χ2n) is 5.19. The van der Waals surface area contributed by atoms with Crippen molar-refractivity contribution in [2.24, 2.45) is 10.7 Å². The van der Waals surface area contributed by atoms with Crippen molar-refractivity contribution in [3.05, 3.63) is 0 Å². The molecule has 0 aliphatic heterocycles. The fourth-order valence-corrected chi connectivity index (χ4v) is 1.99. The fraction of sp³-hybridized carbons (Fsp3) is 0.923. The van der Waals surface area contributed by atoms with Crippen LogP contribution in [0, 0.1) is 0 Å². The van der Waals surface area contributed by atoms with Gasteiger partial charge in [0, 0.05) is 31.8 Å². The third kappa shape index (κ3) is 7.50. The molecule has 1 atom stereocenters. The third-order valence-corrected chi connectivity index (χ3v) is 2.78. The Bertz CT molecular complexity index is 233. The minimum atomic E-state index is 0.185. The Morgan fingerprint density at radius 2 is 1.78 bits per heavy atom. The summed E-state index contributed by atoms with van der Waals surface area (Å²) in [6, 6.07) is 1.24.